The topological polar surface area (TPSA) is 89.8 Å². The lowest BCUT2D eigenvalue weighted by molar-refractivity contribution is -0.116. The van der Waals surface area contributed by atoms with Gasteiger partial charge in [-0.1, -0.05) is 42.5 Å². The summed E-state index contributed by atoms with van der Waals surface area (Å²) < 4.78 is 1.32. The highest BCUT2D eigenvalue weighted by molar-refractivity contribution is 7.17. The van der Waals surface area contributed by atoms with Gasteiger partial charge in [0.05, 0.1) is 11.7 Å². The number of nitrogens with zero attached hydrogens (tertiary/aromatic N) is 4. The Balaban J connectivity index is 1.66. The number of anilines is 1. The first-order valence-electron chi connectivity index (χ1n) is 8.71. The molecular formula is C19H17N5O2S2. The number of nitrogens with one attached hydrogen (secondary N) is 1. The summed E-state index contributed by atoms with van der Waals surface area (Å²) in [5.74, 6) is -0.344. The highest BCUT2D eigenvalue weighted by Crippen LogP contribution is 2.30. The van der Waals surface area contributed by atoms with E-state index in [9.17, 15) is 9.59 Å². The maximum atomic E-state index is 13.0. The van der Waals surface area contributed by atoms with Gasteiger partial charge in [-0.15, -0.1) is 21.5 Å². The number of aryl methyl sites for hydroxylation is 2. The highest BCUT2D eigenvalue weighted by atomic mass is 32.1. The number of rotatable bonds is 5. The van der Waals surface area contributed by atoms with Crippen LogP contribution in [0.4, 0.5) is 5.13 Å². The number of fused-ring (bicyclic) bond motifs is 1. The van der Waals surface area contributed by atoms with Gasteiger partial charge in [-0.2, -0.15) is 0 Å². The maximum absolute atomic E-state index is 13.0. The van der Waals surface area contributed by atoms with Crippen LogP contribution in [0.15, 0.2) is 40.8 Å². The fourth-order valence-corrected chi connectivity index (χ4v) is 4.39. The Hall–Kier alpha value is -2.91. The van der Waals surface area contributed by atoms with E-state index in [-0.39, 0.29) is 18.0 Å². The van der Waals surface area contributed by atoms with Gasteiger partial charge in [0, 0.05) is 10.9 Å². The van der Waals surface area contributed by atoms with Gasteiger partial charge in [0.15, 0.2) is 0 Å². The van der Waals surface area contributed by atoms with E-state index in [2.05, 4.69) is 39.6 Å². The second-order valence-corrected chi connectivity index (χ2v) is 8.27. The van der Waals surface area contributed by atoms with Crippen LogP contribution in [0.2, 0.25) is 0 Å². The van der Waals surface area contributed by atoms with Crippen molar-refractivity contribution in [1.29, 1.82) is 0 Å². The molecule has 0 saturated carbocycles. The van der Waals surface area contributed by atoms with Crippen LogP contribution in [-0.2, 0) is 17.8 Å². The van der Waals surface area contributed by atoms with Crippen molar-refractivity contribution in [3.8, 4) is 11.1 Å². The fraction of sp³-hybridized carbons (Fsp3) is 0.211. The van der Waals surface area contributed by atoms with E-state index in [4.69, 9.17) is 0 Å². The summed E-state index contributed by atoms with van der Waals surface area (Å²) >= 11 is 2.71. The van der Waals surface area contributed by atoms with E-state index in [0.29, 0.717) is 15.3 Å². The third-order valence-corrected chi connectivity index (χ3v) is 5.96. The van der Waals surface area contributed by atoms with E-state index in [1.54, 1.807) is 6.92 Å². The molecule has 1 amide bonds. The molecule has 0 aliphatic carbocycles. The SMILES string of the molecule is CCc1ccc(-c2csc3ncn(CC(=O)Nc4nnc(C)s4)c(=O)c23)cc1. The Labute approximate surface area is 168 Å². The van der Waals surface area contributed by atoms with Gasteiger partial charge in [-0.05, 0) is 24.5 Å². The zero-order valence-corrected chi connectivity index (χ0v) is 16.9. The smallest absolute Gasteiger partial charge is 0.263 e. The summed E-state index contributed by atoms with van der Waals surface area (Å²) in [6.07, 6.45) is 2.37. The third kappa shape index (κ3) is 3.58. The molecule has 7 nitrogen and oxygen atoms in total. The predicted octanol–water partition coefficient (Wildman–Crippen LogP) is 3.49. The van der Waals surface area contributed by atoms with E-state index >= 15 is 0 Å². The van der Waals surface area contributed by atoms with Gasteiger partial charge >= 0.3 is 0 Å². The maximum Gasteiger partial charge on any atom is 0.263 e. The molecule has 0 fully saturated rings. The van der Waals surface area contributed by atoms with Crippen molar-refractivity contribution < 1.29 is 4.79 Å². The van der Waals surface area contributed by atoms with Crippen LogP contribution >= 0.6 is 22.7 Å². The molecule has 3 aromatic heterocycles. The Kier molecular flexibility index (Phi) is 5.01. The zero-order valence-electron chi connectivity index (χ0n) is 15.3. The standard InChI is InChI=1S/C19H17N5O2S2/c1-3-12-4-6-13(7-5-12)14-9-27-17-16(14)18(26)24(10-20-17)8-15(25)21-19-23-22-11(2)28-19/h4-7,9-10H,3,8H2,1-2H3,(H,21,23,25). The average Bonchev–Trinajstić information content (AvgIpc) is 3.30. The summed E-state index contributed by atoms with van der Waals surface area (Å²) in [7, 11) is 0. The van der Waals surface area contributed by atoms with Crippen LogP contribution in [0.25, 0.3) is 21.3 Å². The lowest BCUT2D eigenvalue weighted by Crippen LogP contribution is -2.27. The van der Waals surface area contributed by atoms with Crippen molar-refractivity contribution in [2.75, 3.05) is 5.32 Å². The number of hydrogen-bond acceptors (Lipinski definition) is 7. The summed E-state index contributed by atoms with van der Waals surface area (Å²) in [4.78, 5) is 30.3. The van der Waals surface area contributed by atoms with Crippen LogP contribution in [-0.4, -0.2) is 25.7 Å². The molecule has 0 bridgehead atoms. The van der Waals surface area contributed by atoms with Gasteiger partial charge < -0.3 is 0 Å². The normalized spacial score (nSPS) is 11.1. The van der Waals surface area contributed by atoms with Crippen LogP contribution < -0.4 is 10.9 Å². The minimum absolute atomic E-state index is 0.134. The largest absolute Gasteiger partial charge is 0.299 e. The number of amides is 1. The van der Waals surface area contributed by atoms with Crippen molar-refractivity contribution in [2.45, 2.75) is 26.8 Å². The Morgan fingerprint density at radius 3 is 2.68 bits per heavy atom. The monoisotopic (exact) mass is 411 g/mol. The Morgan fingerprint density at radius 2 is 2.00 bits per heavy atom. The summed E-state index contributed by atoms with van der Waals surface area (Å²) in [5.41, 5.74) is 2.82. The number of aromatic nitrogens is 4. The first-order valence-corrected chi connectivity index (χ1v) is 10.4. The van der Waals surface area contributed by atoms with Crippen molar-refractivity contribution >= 4 is 43.9 Å². The molecule has 0 aliphatic heterocycles. The van der Waals surface area contributed by atoms with Crippen molar-refractivity contribution in [3.63, 3.8) is 0 Å². The van der Waals surface area contributed by atoms with Crippen LogP contribution in [0.5, 0.6) is 0 Å². The molecule has 1 aromatic carbocycles. The predicted molar refractivity (Wildman–Crippen MR) is 112 cm³/mol. The van der Waals surface area contributed by atoms with Gasteiger partial charge in [-0.3, -0.25) is 19.5 Å². The second-order valence-electron chi connectivity index (χ2n) is 6.23. The highest BCUT2D eigenvalue weighted by Gasteiger charge is 2.15. The molecule has 0 saturated heterocycles. The lowest BCUT2D eigenvalue weighted by atomic mass is 10.0. The van der Waals surface area contributed by atoms with Crippen molar-refractivity contribution in [2.24, 2.45) is 0 Å². The molecule has 9 heteroatoms. The summed E-state index contributed by atoms with van der Waals surface area (Å²) in [6, 6.07) is 8.15. The first-order chi connectivity index (χ1) is 13.5. The summed E-state index contributed by atoms with van der Waals surface area (Å²) in [5, 5.41) is 14.0. The van der Waals surface area contributed by atoms with Gasteiger partial charge in [0.2, 0.25) is 11.0 Å². The molecular weight excluding hydrogens is 394 g/mol. The fourth-order valence-electron chi connectivity index (χ4n) is 2.87. The second kappa shape index (κ2) is 7.61. The van der Waals surface area contributed by atoms with E-state index in [0.717, 1.165) is 22.6 Å². The van der Waals surface area contributed by atoms with Gasteiger partial charge in [-0.25, -0.2) is 4.98 Å². The number of benzene rings is 1. The number of hydrogen-bond donors (Lipinski definition) is 1. The summed E-state index contributed by atoms with van der Waals surface area (Å²) in [6.45, 7) is 3.77. The molecule has 4 rings (SSSR count). The molecule has 28 heavy (non-hydrogen) atoms. The number of thiophene rings is 1. The van der Waals surface area contributed by atoms with E-state index in [1.165, 1.54) is 39.1 Å². The van der Waals surface area contributed by atoms with E-state index in [1.807, 2.05) is 17.5 Å². The number of carbonyl (C=O) groups excluding carboxylic acids is 1. The average molecular weight is 412 g/mol. The molecule has 1 N–H and O–H groups in total. The van der Waals surface area contributed by atoms with Gasteiger partial charge in [0.1, 0.15) is 16.4 Å². The molecule has 0 atom stereocenters. The van der Waals surface area contributed by atoms with Crippen molar-refractivity contribution in [1.82, 2.24) is 19.7 Å². The lowest BCUT2D eigenvalue weighted by Gasteiger charge is -2.06. The van der Waals surface area contributed by atoms with Crippen LogP contribution in [0.1, 0.15) is 17.5 Å². The molecule has 0 unspecified atom stereocenters. The minimum atomic E-state index is -0.344. The quantitative estimate of drug-likeness (QED) is 0.543. The minimum Gasteiger partial charge on any atom is -0.299 e. The molecule has 4 aromatic rings. The molecule has 0 aliphatic rings. The zero-order chi connectivity index (χ0) is 19.7. The molecule has 142 valence electrons. The van der Waals surface area contributed by atoms with Crippen molar-refractivity contribution in [3.05, 3.63) is 56.9 Å². The Morgan fingerprint density at radius 1 is 1.21 bits per heavy atom. The van der Waals surface area contributed by atoms with Crippen LogP contribution in [0, 0.1) is 6.92 Å². The Bertz CT molecular complexity index is 1210. The first kappa shape index (κ1) is 18.5. The van der Waals surface area contributed by atoms with Crippen LogP contribution in [0.3, 0.4) is 0 Å². The molecule has 3 heterocycles. The number of carbonyl (C=O) groups is 1. The van der Waals surface area contributed by atoms with E-state index < -0.39 is 0 Å². The van der Waals surface area contributed by atoms with Gasteiger partial charge in [0.25, 0.3) is 5.56 Å². The molecule has 0 radical (unpaired) electrons. The molecule has 0 spiro atoms. The third-order valence-electron chi connectivity index (χ3n) is 4.32.